The fraction of sp³-hybridized carbons (Fsp3) is 0.182. The number of halogens is 3. The average molecular weight is 271 g/mol. The maximum absolute atomic E-state index is 12.5. The van der Waals surface area contributed by atoms with Gasteiger partial charge in [-0.05, 0) is 29.3 Å². The first-order valence-electron chi connectivity index (χ1n) is 4.91. The van der Waals surface area contributed by atoms with Gasteiger partial charge in [-0.2, -0.15) is 13.2 Å². The lowest BCUT2D eigenvalue weighted by atomic mass is 10.1. The molecule has 0 atom stereocenters. The molecular weight excluding hydrogens is 263 g/mol. The van der Waals surface area contributed by atoms with E-state index in [-0.39, 0.29) is 5.56 Å². The minimum absolute atomic E-state index is 0.0719. The Kier molecular flexibility index (Phi) is 4.55. The molecule has 0 unspecified atom stereocenters. The van der Waals surface area contributed by atoms with Crippen LogP contribution in [0.3, 0.4) is 0 Å². The van der Waals surface area contributed by atoms with Gasteiger partial charge in [0, 0.05) is 4.91 Å². The van der Waals surface area contributed by atoms with E-state index < -0.39 is 23.4 Å². The second kappa shape index (κ2) is 5.92. The lowest BCUT2D eigenvalue weighted by molar-refractivity contribution is -0.137. The normalized spacial score (nSPS) is 11.7. The number of hydrogen-bond donors (Lipinski definition) is 0. The van der Waals surface area contributed by atoms with Crippen molar-refractivity contribution >= 4 is 12.0 Å². The SMILES string of the molecule is COC(=O)/C(=C/c1cccc(C(F)(F)F)c1)N=[N+]=[N-]. The minimum atomic E-state index is -4.49. The molecule has 0 radical (unpaired) electrons. The summed E-state index contributed by atoms with van der Waals surface area (Å²) >= 11 is 0. The molecule has 0 aliphatic heterocycles. The van der Waals surface area contributed by atoms with Crippen molar-refractivity contribution in [1.29, 1.82) is 0 Å². The van der Waals surface area contributed by atoms with Crippen LogP contribution in [0.1, 0.15) is 11.1 Å². The summed E-state index contributed by atoms with van der Waals surface area (Å²) in [5.41, 5.74) is 7.05. The number of azide groups is 1. The van der Waals surface area contributed by atoms with E-state index in [0.29, 0.717) is 0 Å². The number of methoxy groups -OCH3 is 1. The largest absolute Gasteiger partial charge is 0.466 e. The van der Waals surface area contributed by atoms with E-state index in [4.69, 9.17) is 5.53 Å². The predicted octanol–water partition coefficient (Wildman–Crippen LogP) is 3.53. The Morgan fingerprint density at radius 3 is 2.68 bits per heavy atom. The molecule has 1 rings (SSSR count). The molecule has 0 aromatic heterocycles. The van der Waals surface area contributed by atoms with E-state index in [0.717, 1.165) is 25.3 Å². The van der Waals surface area contributed by atoms with Gasteiger partial charge in [0.05, 0.1) is 12.7 Å². The third kappa shape index (κ3) is 4.04. The fourth-order valence-corrected chi connectivity index (χ4v) is 1.24. The Morgan fingerprint density at radius 1 is 1.47 bits per heavy atom. The van der Waals surface area contributed by atoms with E-state index in [2.05, 4.69) is 14.8 Å². The summed E-state index contributed by atoms with van der Waals surface area (Å²) in [5.74, 6) is -0.935. The molecule has 5 nitrogen and oxygen atoms in total. The van der Waals surface area contributed by atoms with Gasteiger partial charge >= 0.3 is 12.1 Å². The number of ether oxygens (including phenoxy) is 1. The van der Waals surface area contributed by atoms with E-state index in [1.165, 1.54) is 12.1 Å². The van der Waals surface area contributed by atoms with Crippen molar-refractivity contribution in [3.05, 3.63) is 51.5 Å². The summed E-state index contributed by atoms with van der Waals surface area (Å²) in [6, 6.07) is 4.24. The van der Waals surface area contributed by atoms with E-state index in [1.54, 1.807) is 0 Å². The van der Waals surface area contributed by atoms with Gasteiger partial charge in [0.15, 0.2) is 0 Å². The van der Waals surface area contributed by atoms with Crippen LogP contribution in [-0.4, -0.2) is 13.1 Å². The molecule has 8 heteroatoms. The molecule has 1 aromatic carbocycles. The summed E-state index contributed by atoms with van der Waals surface area (Å²) in [7, 11) is 1.06. The maximum atomic E-state index is 12.5. The Morgan fingerprint density at radius 2 is 2.16 bits per heavy atom. The monoisotopic (exact) mass is 271 g/mol. The van der Waals surface area contributed by atoms with Crippen molar-refractivity contribution in [2.75, 3.05) is 7.11 Å². The van der Waals surface area contributed by atoms with Crippen LogP contribution in [0.25, 0.3) is 16.5 Å². The highest BCUT2D eigenvalue weighted by molar-refractivity contribution is 5.93. The Labute approximate surface area is 105 Å². The number of rotatable bonds is 3. The smallest absolute Gasteiger partial charge is 0.416 e. The number of carbonyl (C=O) groups excluding carboxylic acids is 1. The lowest BCUT2D eigenvalue weighted by Crippen LogP contribution is -2.05. The van der Waals surface area contributed by atoms with Crippen LogP contribution < -0.4 is 0 Å². The Hall–Kier alpha value is -2.47. The predicted molar refractivity (Wildman–Crippen MR) is 60.6 cm³/mol. The molecule has 0 aliphatic rings. The Bertz CT molecular complexity index is 561. The zero-order valence-electron chi connectivity index (χ0n) is 9.68. The molecule has 0 spiro atoms. The second-order valence-corrected chi connectivity index (χ2v) is 3.33. The van der Waals surface area contributed by atoms with Crippen molar-refractivity contribution in [3.63, 3.8) is 0 Å². The van der Waals surface area contributed by atoms with Crippen LogP contribution >= 0.6 is 0 Å². The summed E-state index contributed by atoms with van der Waals surface area (Å²) in [4.78, 5) is 13.6. The Balaban J connectivity index is 3.22. The molecule has 0 amide bonds. The van der Waals surface area contributed by atoms with E-state index in [9.17, 15) is 18.0 Å². The van der Waals surface area contributed by atoms with Gasteiger partial charge in [-0.25, -0.2) is 4.79 Å². The molecule has 19 heavy (non-hydrogen) atoms. The van der Waals surface area contributed by atoms with Crippen LogP contribution in [0.5, 0.6) is 0 Å². The number of benzene rings is 1. The number of nitrogens with zero attached hydrogens (tertiary/aromatic N) is 3. The van der Waals surface area contributed by atoms with Crippen LogP contribution in [0, 0.1) is 0 Å². The third-order valence-electron chi connectivity index (χ3n) is 2.06. The van der Waals surface area contributed by atoms with Crippen LogP contribution in [-0.2, 0) is 15.7 Å². The van der Waals surface area contributed by atoms with Crippen molar-refractivity contribution < 1.29 is 22.7 Å². The van der Waals surface area contributed by atoms with Crippen molar-refractivity contribution in [3.8, 4) is 0 Å². The summed E-state index contributed by atoms with van der Waals surface area (Å²) < 4.78 is 41.8. The molecule has 0 fully saturated rings. The first-order valence-corrected chi connectivity index (χ1v) is 4.91. The fourth-order valence-electron chi connectivity index (χ4n) is 1.24. The molecule has 0 saturated carbocycles. The molecule has 0 bridgehead atoms. The highest BCUT2D eigenvalue weighted by Crippen LogP contribution is 2.30. The van der Waals surface area contributed by atoms with Gasteiger partial charge in [0.25, 0.3) is 0 Å². The molecular formula is C11H8F3N3O2. The van der Waals surface area contributed by atoms with E-state index in [1.807, 2.05) is 0 Å². The van der Waals surface area contributed by atoms with Gasteiger partial charge < -0.3 is 4.74 Å². The minimum Gasteiger partial charge on any atom is -0.466 e. The lowest BCUT2D eigenvalue weighted by Gasteiger charge is -2.07. The molecule has 100 valence electrons. The highest BCUT2D eigenvalue weighted by atomic mass is 19.4. The molecule has 0 saturated heterocycles. The van der Waals surface area contributed by atoms with Gasteiger partial charge in [-0.3, -0.25) is 0 Å². The van der Waals surface area contributed by atoms with Crippen molar-refractivity contribution in [2.24, 2.45) is 5.11 Å². The van der Waals surface area contributed by atoms with Gasteiger partial charge in [0.2, 0.25) is 0 Å². The molecule has 0 N–H and O–H groups in total. The topological polar surface area (TPSA) is 75.1 Å². The van der Waals surface area contributed by atoms with Gasteiger partial charge in [0.1, 0.15) is 5.70 Å². The average Bonchev–Trinajstić information content (AvgIpc) is 2.36. The standard InChI is InChI=1S/C11H8F3N3O2/c1-19-10(18)9(16-17-15)6-7-3-2-4-8(5-7)11(12,13)14/h2-6H,1H3/b9-6-. The van der Waals surface area contributed by atoms with Crippen LogP contribution in [0.2, 0.25) is 0 Å². The zero-order chi connectivity index (χ0) is 14.5. The van der Waals surface area contributed by atoms with Crippen LogP contribution in [0.15, 0.2) is 35.1 Å². The summed E-state index contributed by atoms with van der Waals surface area (Å²) in [6.45, 7) is 0. The number of esters is 1. The van der Waals surface area contributed by atoms with Crippen LogP contribution in [0.4, 0.5) is 13.2 Å². The summed E-state index contributed by atoms with van der Waals surface area (Å²) in [6.07, 6.45) is -3.48. The maximum Gasteiger partial charge on any atom is 0.416 e. The first-order chi connectivity index (χ1) is 8.88. The van der Waals surface area contributed by atoms with E-state index >= 15 is 0 Å². The highest BCUT2D eigenvalue weighted by Gasteiger charge is 2.30. The number of alkyl halides is 3. The second-order valence-electron chi connectivity index (χ2n) is 3.33. The quantitative estimate of drug-likeness (QED) is 0.277. The van der Waals surface area contributed by atoms with Gasteiger partial charge in [-0.15, -0.1) is 0 Å². The van der Waals surface area contributed by atoms with Gasteiger partial charge in [-0.1, -0.05) is 17.2 Å². The molecule has 0 heterocycles. The number of hydrogen-bond acceptors (Lipinski definition) is 3. The molecule has 0 aliphatic carbocycles. The molecule has 1 aromatic rings. The zero-order valence-corrected chi connectivity index (χ0v) is 9.68. The van der Waals surface area contributed by atoms with Crippen molar-refractivity contribution in [2.45, 2.75) is 6.18 Å². The summed E-state index contributed by atoms with van der Waals surface area (Å²) in [5, 5.41) is 3.07. The third-order valence-corrected chi connectivity index (χ3v) is 2.06. The first kappa shape index (κ1) is 14.6. The number of carbonyl (C=O) groups is 1. The van der Waals surface area contributed by atoms with Crippen molar-refractivity contribution in [1.82, 2.24) is 0 Å².